The van der Waals surface area contributed by atoms with Gasteiger partial charge in [-0.15, -0.1) is 0 Å². The lowest BCUT2D eigenvalue weighted by atomic mass is 9.77. The minimum Gasteiger partial charge on any atom is -0.385 e. The summed E-state index contributed by atoms with van der Waals surface area (Å²) in [5.74, 6) is 0. The maximum Gasteiger partial charge on any atom is 0.416 e. The van der Waals surface area contributed by atoms with Crippen molar-refractivity contribution in [3.8, 4) is 0 Å². The molecule has 7 heteroatoms. The van der Waals surface area contributed by atoms with E-state index in [0.717, 1.165) is 23.2 Å². The summed E-state index contributed by atoms with van der Waals surface area (Å²) in [6.07, 6.45) is 0.0284. The smallest absolute Gasteiger partial charge is 0.385 e. The lowest BCUT2D eigenvalue weighted by molar-refractivity contribution is -0.137. The Morgan fingerprint density at radius 1 is 1.15 bits per heavy atom. The highest BCUT2D eigenvalue weighted by Gasteiger charge is 2.40. The van der Waals surface area contributed by atoms with Crippen molar-refractivity contribution < 1.29 is 18.3 Å². The van der Waals surface area contributed by atoms with Gasteiger partial charge in [0.05, 0.1) is 22.9 Å². The second kappa shape index (κ2) is 6.35. The topological polar surface area (TPSA) is 49.6 Å². The summed E-state index contributed by atoms with van der Waals surface area (Å²) in [5.41, 5.74) is 0.496. The number of nitrogens with one attached hydrogen (secondary N) is 1. The van der Waals surface area contributed by atoms with Gasteiger partial charge in [-0.3, -0.25) is 0 Å². The molecule has 0 amide bonds. The molecule has 3 heterocycles. The third-order valence-corrected chi connectivity index (χ3v) is 5.25. The van der Waals surface area contributed by atoms with Crippen LogP contribution < -0.4 is 5.32 Å². The van der Waals surface area contributed by atoms with E-state index < -0.39 is 17.3 Å². The van der Waals surface area contributed by atoms with Gasteiger partial charge in [0, 0.05) is 23.8 Å². The van der Waals surface area contributed by atoms with Gasteiger partial charge >= 0.3 is 6.18 Å². The average Bonchev–Trinajstić information content (AvgIpc) is 3.04. The van der Waals surface area contributed by atoms with Crippen LogP contribution in [0, 0.1) is 0 Å². The SMILES string of the molecule is C[C@H]1CC(O)(c2ccc(C(F)(F)F)cc2)C[C@@H](c2cnn3ccccc23)N1. The molecule has 1 aliphatic rings. The minimum atomic E-state index is -4.39. The fourth-order valence-electron chi connectivity index (χ4n) is 4.02. The third-order valence-electron chi connectivity index (χ3n) is 5.25. The van der Waals surface area contributed by atoms with Crippen molar-refractivity contribution in [1.82, 2.24) is 14.9 Å². The fraction of sp³-hybridized carbons (Fsp3) is 0.350. The number of hydrogen-bond donors (Lipinski definition) is 2. The first-order valence-corrected chi connectivity index (χ1v) is 8.85. The largest absolute Gasteiger partial charge is 0.416 e. The molecule has 0 bridgehead atoms. The summed E-state index contributed by atoms with van der Waals surface area (Å²) in [5, 5.41) is 19.1. The number of aromatic nitrogens is 2. The van der Waals surface area contributed by atoms with E-state index in [1.807, 2.05) is 31.3 Å². The number of benzene rings is 1. The van der Waals surface area contributed by atoms with Crippen molar-refractivity contribution in [3.63, 3.8) is 0 Å². The molecule has 3 aromatic rings. The molecule has 4 nitrogen and oxygen atoms in total. The summed E-state index contributed by atoms with van der Waals surface area (Å²) >= 11 is 0. The molecule has 1 aliphatic heterocycles. The minimum absolute atomic E-state index is 0.00490. The number of rotatable bonds is 2. The quantitative estimate of drug-likeness (QED) is 0.710. The molecule has 3 atom stereocenters. The van der Waals surface area contributed by atoms with E-state index in [4.69, 9.17) is 0 Å². The Hall–Kier alpha value is -2.38. The highest BCUT2D eigenvalue weighted by Crippen LogP contribution is 2.41. The maximum absolute atomic E-state index is 12.8. The Morgan fingerprint density at radius 2 is 1.89 bits per heavy atom. The van der Waals surface area contributed by atoms with Crippen LogP contribution in [0.3, 0.4) is 0 Å². The highest BCUT2D eigenvalue weighted by atomic mass is 19.4. The second-order valence-electron chi connectivity index (χ2n) is 7.27. The van der Waals surface area contributed by atoms with Gasteiger partial charge in [-0.1, -0.05) is 18.2 Å². The van der Waals surface area contributed by atoms with E-state index >= 15 is 0 Å². The molecule has 0 spiro atoms. The number of fused-ring (bicyclic) bond motifs is 1. The lowest BCUT2D eigenvalue weighted by Gasteiger charge is -2.41. The van der Waals surface area contributed by atoms with Crippen molar-refractivity contribution in [2.45, 2.75) is 43.6 Å². The molecule has 4 rings (SSSR count). The normalized spacial score (nSPS) is 26.4. The highest BCUT2D eigenvalue weighted by molar-refractivity contribution is 5.55. The van der Waals surface area contributed by atoms with Crippen LogP contribution in [0.25, 0.3) is 5.52 Å². The van der Waals surface area contributed by atoms with Gasteiger partial charge < -0.3 is 10.4 Å². The van der Waals surface area contributed by atoms with Gasteiger partial charge in [0.1, 0.15) is 0 Å². The lowest BCUT2D eigenvalue weighted by Crippen LogP contribution is -2.46. The van der Waals surface area contributed by atoms with Crippen LogP contribution in [0.2, 0.25) is 0 Å². The molecule has 0 aliphatic carbocycles. The zero-order valence-electron chi connectivity index (χ0n) is 14.7. The molecular formula is C20H20F3N3O. The van der Waals surface area contributed by atoms with Gasteiger partial charge in [-0.2, -0.15) is 18.3 Å². The first-order chi connectivity index (χ1) is 12.8. The Morgan fingerprint density at radius 3 is 2.59 bits per heavy atom. The van der Waals surface area contributed by atoms with Gasteiger partial charge in [0.15, 0.2) is 0 Å². The molecule has 1 aromatic carbocycles. The maximum atomic E-state index is 12.8. The molecule has 142 valence electrons. The van der Waals surface area contributed by atoms with Crippen molar-refractivity contribution in [1.29, 1.82) is 0 Å². The van der Waals surface area contributed by atoms with E-state index in [-0.39, 0.29) is 12.1 Å². The van der Waals surface area contributed by atoms with Crippen molar-refractivity contribution in [3.05, 3.63) is 71.5 Å². The zero-order valence-corrected chi connectivity index (χ0v) is 14.7. The summed E-state index contributed by atoms with van der Waals surface area (Å²) < 4.78 is 40.3. The van der Waals surface area contributed by atoms with E-state index in [9.17, 15) is 18.3 Å². The Bertz CT molecular complexity index is 951. The molecule has 1 unspecified atom stereocenters. The van der Waals surface area contributed by atoms with Crippen LogP contribution in [0.1, 0.15) is 42.5 Å². The fourth-order valence-corrected chi connectivity index (χ4v) is 4.02. The van der Waals surface area contributed by atoms with Crippen molar-refractivity contribution in [2.75, 3.05) is 0 Å². The number of pyridine rings is 1. The number of hydrogen-bond acceptors (Lipinski definition) is 3. The standard InChI is InChI=1S/C20H20F3N3O/c1-13-10-19(27,14-5-7-15(8-6-14)20(21,22)23)11-17(25-13)16-12-24-26-9-3-2-4-18(16)26/h2-9,12-13,17,25,27H,10-11H2,1H3/t13-,17-,19?/m0/s1. The van der Waals surface area contributed by atoms with E-state index in [1.165, 1.54) is 12.1 Å². The van der Waals surface area contributed by atoms with Gasteiger partial charge in [0.2, 0.25) is 0 Å². The van der Waals surface area contributed by atoms with E-state index in [0.29, 0.717) is 18.4 Å². The molecule has 1 saturated heterocycles. The van der Waals surface area contributed by atoms with Gasteiger partial charge in [-0.05, 0) is 49.6 Å². The van der Waals surface area contributed by atoms with Gasteiger partial charge in [0.25, 0.3) is 0 Å². The zero-order chi connectivity index (χ0) is 19.2. The average molecular weight is 375 g/mol. The van der Waals surface area contributed by atoms with Crippen molar-refractivity contribution >= 4 is 5.52 Å². The van der Waals surface area contributed by atoms with Crippen molar-refractivity contribution in [2.24, 2.45) is 0 Å². The Kier molecular flexibility index (Phi) is 4.24. The summed E-state index contributed by atoms with van der Waals surface area (Å²) in [6.45, 7) is 1.97. The summed E-state index contributed by atoms with van der Waals surface area (Å²) in [7, 11) is 0. The number of nitrogens with zero attached hydrogens (tertiary/aromatic N) is 2. The van der Waals surface area contributed by atoms with Crippen LogP contribution >= 0.6 is 0 Å². The van der Waals surface area contributed by atoms with Crippen LogP contribution in [0.15, 0.2) is 54.9 Å². The predicted molar refractivity (Wildman–Crippen MR) is 95.1 cm³/mol. The van der Waals surface area contributed by atoms with Gasteiger partial charge in [-0.25, -0.2) is 4.52 Å². The Labute approximate surface area is 154 Å². The monoisotopic (exact) mass is 375 g/mol. The molecule has 2 N–H and O–H groups in total. The molecule has 27 heavy (non-hydrogen) atoms. The number of halogens is 3. The van der Waals surface area contributed by atoms with Crippen LogP contribution in [-0.2, 0) is 11.8 Å². The summed E-state index contributed by atoms with van der Waals surface area (Å²) in [6, 6.07) is 10.4. The molecule has 2 aromatic heterocycles. The molecule has 1 fully saturated rings. The van der Waals surface area contributed by atoms with Crippen LogP contribution in [-0.4, -0.2) is 20.8 Å². The van der Waals surface area contributed by atoms with Crippen LogP contribution in [0.4, 0.5) is 13.2 Å². The summed E-state index contributed by atoms with van der Waals surface area (Å²) in [4.78, 5) is 0. The molecule has 0 radical (unpaired) electrons. The number of alkyl halides is 3. The molecular weight excluding hydrogens is 355 g/mol. The predicted octanol–water partition coefficient (Wildman–Crippen LogP) is 4.05. The second-order valence-corrected chi connectivity index (χ2v) is 7.27. The first-order valence-electron chi connectivity index (χ1n) is 8.85. The number of aliphatic hydroxyl groups is 1. The third kappa shape index (κ3) is 3.33. The molecule has 0 saturated carbocycles. The van der Waals surface area contributed by atoms with E-state index in [1.54, 1.807) is 10.7 Å². The van der Waals surface area contributed by atoms with Crippen LogP contribution in [0.5, 0.6) is 0 Å². The Balaban J connectivity index is 1.67. The first kappa shape index (κ1) is 18.0. The van der Waals surface area contributed by atoms with E-state index in [2.05, 4.69) is 10.4 Å². The number of piperidine rings is 1.